The second-order valence-electron chi connectivity index (χ2n) is 7.62. The van der Waals surface area contributed by atoms with Gasteiger partial charge in [-0.2, -0.15) is 13.2 Å². The van der Waals surface area contributed by atoms with Crippen LogP contribution < -0.4 is 0 Å². The van der Waals surface area contributed by atoms with Gasteiger partial charge in [0.05, 0.1) is 5.52 Å². The van der Waals surface area contributed by atoms with Crippen LogP contribution >= 0.6 is 0 Å². The lowest BCUT2D eigenvalue weighted by Gasteiger charge is -2.38. The molecule has 2 aromatic carbocycles. The van der Waals surface area contributed by atoms with Gasteiger partial charge in [-0.1, -0.05) is 62.4 Å². The first kappa shape index (κ1) is 19.4. The third kappa shape index (κ3) is 3.98. The third-order valence-corrected chi connectivity index (χ3v) is 5.04. The van der Waals surface area contributed by atoms with E-state index in [1.54, 1.807) is 68.4 Å². The van der Waals surface area contributed by atoms with E-state index in [0.717, 1.165) is 5.56 Å². The van der Waals surface area contributed by atoms with Crippen molar-refractivity contribution < 1.29 is 18.3 Å². The van der Waals surface area contributed by atoms with Crippen LogP contribution in [0.2, 0.25) is 0 Å². The van der Waals surface area contributed by atoms with Crippen LogP contribution in [-0.2, 0) is 11.8 Å². The van der Waals surface area contributed by atoms with Crippen molar-refractivity contribution in [2.24, 2.45) is 0 Å². The third-order valence-electron chi connectivity index (χ3n) is 5.04. The first-order valence-electron chi connectivity index (χ1n) is 8.80. The summed E-state index contributed by atoms with van der Waals surface area (Å²) in [7, 11) is 0. The molecule has 1 unspecified atom stereocenters. The number of alkyl halides is 3. The lowest BCUT2D eigenvalue weighted by molar-refractivity contribution is -0.266. The molecule has 0 bridgehead atoms. The van der Waals surface area contributed by atoms with Crippen molar-refractivity contribution in [1.82, 2.24) is 4.98 Å². The Morgan fingerprint density at radius 3 is 2.19 bits per heavy atom. The Labute approximate surface area is 156 Å². The number of rotatable bonds is 5. The van der Waals surface area contributed by atoms with E-state index in [1.807, 2.05) is 6.07 Å². The summed E-state index contributed by atoms with van der Waals surface area (Å²) in [6.45, 7) is 3.45. The van der Waals surface area contributed by atoms with E-state index >= 15 is 0 Å². The van der Waals surface area contributed by atoms with Gasteiger partial charge < -0.3 is 5.11 Å². The standard InChI is InChI=1S/C22H22F3NO/c1-20(2,17-8-4-3-5-9-17)15-21(27,22(23,24)25)14-16-12-13-26-19-11-7-6-10-18(16)19/h3-13,27H,14-15H2,1-2H3. The molecule has 3 rings (SSSR count). The number of aliphatic hydroxyl groups is 1. The highest BCUT2D eigenvalue weighted by Gasteiger charge is 2.55. The first-order chi connectivity index (χ1) is 12.6. The van der Waals surface area contributed by atoms with Crippen LogP contribution in [-0.4, -0.2) is 21.9 Å². The maximum Gasteiger partial charge on any atom is 0.417 e. The Hall–Kier alpha value is -2.40. The minimum absolute atomic E-state index is 0.435. The Balaban J connectivity index is 2.01. The molecule has 0 fully saturated rings. The van der Waals surface area contributed by atoms with Crippen LogP contribution in [0.3, 0.4) is 0 Å². The molecule has 0 saturated heterocycles. The normalized spacial score (nSPS) is 14.9. The van der Waals surface area contributed by atoms with E-state index in [9.17, 15) is 18.3 Å². The summed E-state index contributed by atoms with van der Waals surface area (Å²) in [4.78, 5) is 4.19. The molecule has 0 radical (unpaired) electrons. The van der Waals surface area contributed by atoms with E-state index in [1.165, 1.54) is 6.20 Å². The summed E-state index contributed by atoms with van der Waals surface area (Å²) in [5.74, 6) is 0. The largest absolute Gasteiger partial charge is 0.417 e. The number of aromatic nitrogens is 1. The number of fused-ring (bicyclic) bond motifs is 1. The highest BCUT2D eigenvalue weighted by atomic mass is 19.4. The van der Waals surface area contributed by atoms with Gasteiger partial charge in [0.25, 0.3) is 0 Å². The van der Waals surface area contributed by atoms with Gasteiger partial charge in [0.15, 0.2) is 5.60 Å². The number of hydrogen-bond acceptors (Lipinski definition) is 2. The quantitative estimate of drug-likeness (QED) is 0.646. The number of para-hydroxylation sites is 1. The van der Waals surface area contributed by atoms with E-state index in [4.69, 9.17) is 0 Å². The molecule has 3 aromatic rings. The summed E-state index contributed by atoms with van der Waals surface area (Å²) in [6.07, 6.45) is -4.24. The molecular formula is C22H22F3NO. The van der Waals surface area contributed by atoms with Gasteiger partial charge in [-0.15, -0.1) is 0 Å². The van der Waals surface area contributed by atoms with Crippen LogP contribution in [0.1, 0.15) is 31.4 Å². The number of benzene rings is 2. The van der Waals surface area contributed by atoms with Crippen molar-refractivity contribution in [3.05, 3.63) is 78.0 Å². The van der Waals surface area contributed by atoms with Crippen LogP contribution in [0.25, 0.3) is 10.9 Å². The summed E-state index contributed by atoms with van der Waals surface area (Å²) in [5.41, 5.74) is -1.90. The second-order valence-corrected chi connectivity index (χ2v) is 7.62. The van der Waals surface area contributed by atoms with Gasteiger partial charge in [-0.3, -0.25) is 4.98 Å². The fraction of sp³-hybridized carbons (Fsp3) is 0.318. The molecule has 1 N–H and O–H groups in total. The van der Waals surface area contributed by atoms with Gasteiger partial charge in [0.2, 0.25) is 0 Å². The molecule has 1 atom stereocenters. The topological polar surface area (TPSA) is 33.1 Å². The fourth-order valence-corrected chi connectivity index (χ4v) is 3.61. The number of halogens is 3. The van der Waals surface area contributed by atoms with Crippen LogP contribution in [0.15, 0.2) is 66.9 Å². The average Bonchev–Trinajstić information content (AvgIpc) is 2.61. The smallest absolute Gasteiger partial charge is 0.380 e. The summed E-state index contributed by atoms with van der Waals surface area (Å²) >= 11 is 0. The summed E-state index contributed by atoms with van der Waals surface area (Å²) < 4.78 is 41.9. The molecule has 5 heteroatoms. The highest BCUT2D eigenvalue weighted by Crippen LogP contribution is 2.43. The minimum Gasteiger partial charge on any atom is -0.380 e. The van der Waals surface area contributed by atoms with Gasteiger partial charge in [-0.25, -0.2) is 0 Å². The maximum atomic E-state index is 14.0. The van der Waals surface area contributed by atoms with Gasteiger partial charge >= 0.3 is 6.18 Å². The first-order valence-corrected chi connectivity index (χ1v) is 8.80. The molecule has 0 aliphatic heterocycles. The highest BCUT2D eigenvalue weighted by molar-refractivity contribution is 5.81. The monoisotopic (exact) mass is 373 g/mol. The van der Waals surface area contributed by atoms with Crippen LogP contribution in [0.5, 0.6) is 0 Å². The lowest BCUT2D eigenvalue weighted by atomic mass is 9.73. The summed E-state index contributed by atoms with van der Waals surface area (Å²) in [5, 5.41) is 11.4. The molecule has 0 saturated carbocycles. The average molecular weight is 373 g/mol. The number of nitrogens with zero attached hydrogens (tertiary/aromatic N) is 1. The Morgan fingerprint density at radius 1 is 0.889 bits per heavy atom. The Bertz CT molecular complexity index is 916. The van der Waals surface area contributed by atoms with E-state index in [0.29, 0.717) is 16.5 Å². The molecular weight excluding hydrogens is 351 g/mol. The molecule has 0 aliphatic carbocycles. The summed E-state index contributed by atoms with van der Waals surface area (Å²) in [6, 6.07) is 17.6. The Morgan fingerprint density at radius 2 is 1.52 bits per heavy atom. The van der Waals surface area contributed by atoms with Crippen LogP contribution in [0.4, 0.5) is 13.2 Å². The molecule has 142 valence electrons. The molecule has 0 aliphatic rings. The number of pyridine rings is 1. The fourth-order valence-electron chi connectivity index (χ4n) is 3.61. The van der Waals surface area contributed by atoms with Gasteiger partial charge in [-0.05, 0) is 35.1 Å². The van der Waals surface area contributed by atoms with Crippen molar-refractivity contribution in [2.45, 2.75) is 43.9 Å². The lowest BCUT2D eigenvalue weighted by Crippen LogP contribution is -2.50. The van der Waals surface area contributed by atoms with Crippen molar-refractivity contribution in [1.29, 1.82) is 0 Å². The van der Waals surface area contributed by atoms with Crippen molar-refractivity contribution in [2.75, 3.05) is 0 Å². The maximum absolute atomic E-state index is 14.0. The van der Waals surface area contributed by atoms with Gasteiger partial charge in [0, 0.05) is 18.0 Å². The molecule has 1 heterocycles. The van der Waals surface area contributed by atoms with Crippen molar-refractivity contribution in [3.63, 3.8) is 0 Å². The predicted octanol–water partition coefficient (Wildman–Crippen LogP) is 5.44. The van der Waals surface area contributed by atoms with Crippen molar-refractivity contribution in [3.8, 4) is 0 Å². The van der Waals surface area contributed by atoms with Crippen molar-refractivity contribution >= 4 is 10.9 Å². The zero-order valence-corrected chi connectivity index (χ0v) is 15.3. The Kier molecular flexibility index (Phi) is 5.00. The molecule has 0 spiro atoms. The molecule has 1 aromatic heterocycles. The molecule has 0 amide bonds. The SMILES string of the molecule is CC(C)(CC(O)(Cc1ccnc2ccccc12)C(F)(F)F)c1ccccc1. The second kappa shape index (κ2) is 6.97. The van der Waals surface area contributed by atoms with E-state index in [-0.39, 0.29) is 0 Å². The van der Waals surface area contributed by atoms with Gasteiger partial charge in [0.1, 0.15) is 0 Å². The number of hydrogen-bond donors (Lipinski definition) is 1. The van der Waals surface area contributed by atoms with E-state index < -0.39 is 30.0 Å². The molecule has 27 heavy (non-hydrogen) atoms. The van der Waals surface area contributed by atoms with E-state index in [2.05, 4.69) is 4.98 Å². The molecule has 2 nitrogen and oxygen atoms in total. The minimum atomic E-state index is -4.76. The predicted molar refractivity (Wildman–Crippen MR) is 101 cm³/mol. The van der Waals surface area contributed by atoms with Crippen LogP contribution in [0, 0.1) is 0 Å². The zero-order valence-electron chi connectivity index (χ0n) is 15.3. The zero-order chi connectivity index (χ0) is 19.7.